The van der Waals surface area contributed by atoms with E-state index >= 15 is 0 Å². The topological polar surface area (TPSA) is 83.8 Å². The van der Waals surface area contributed by atoms with Gasteiger partial charge in [-0.05, 0) is 25.1 Å². The summed E-state index contributed by atoms with van der Waals surface area (Å²) in [5, 5.41) is 4.65. The lowest BCUT2D eigenvalue weighted by Crippen LogP contribution is -2.22. The molecule has 0 aliphatic heterocycles. The van der Waals surface area contributed by atoms with Gasteiger partial charge in [-0.1, -0.05) is 6.07 Å². The number of nitrogens with zero attached hydrogens (tertiary/aromatic N) is 3. The molecular weight excluding hydrogens is 360 g/mol. The molecule has 7 nitrogen and oxygen atoms in total. The van der Waals surface area contributed by atoms with Gasteiger partial charge in [0.2, 0.25) is 15.9 Å². The molecule has 0 radical (unpaired) electrons. The standard InChI is InChI=1S/C16H18N4O3S2/c1-11-9-20-13(10-24-16(20)17-11)8-15(21)18-12-5-4-6-14(7-12)25(22,23)19(2)3/h4-7,9-10H,8H2,1-3H3,(H,18,21). The van der Waals surface area contributed by atoms with Crippen molar-refractivity contribution in [3.05, 3.63) is 47.2 Å². The number of anilines is 1. The highest BCUT2D eigenvalue weighted by atomic mass is 32.2. The maximum Gasteiger partial charge on any atom is 0.242 e. The Labute approximate surface area is 150 Å². The molecule has 0 aliphatic carbocycles. The molecule has 0 atom stereocenters. The summed E-state index contributed by atoms with van der Waals surface area (Å²) in [6.07, 6.45) is 2.07. The molecule has 0 spiro atoms. The second kappa shape index (κ2) is 6.58. The highest BCUT2D eigenvalue weighted by molar-refractivity contribution is 7.89. The Hall–Kier alpha value is -2.23. The minimum atomic E-state index is -3.54. The normalized spacial score (nSPS) is 12.0. The van der Waals surface area contributed by atoms with E-state index in [1.165, 1.54) is 37.6 Å². The summed E-state index contributed by atoms with van der Waals surface area (Å²) >= 11 is 1.48. The second-order valence-electron chi connectivity index (χ2n) is 5.80. The first kappa shape index (κ1) is 17.6. The van der Waals surface area contributed by atoms with E-state index < -0.39 is 10.0 Å². The Morgan fingerprint density at radius 3 is 2.84 bits per heavy atom. The number of sulfonamides is 1. The average molecular weight is 378 g/mol. The van der Waals surface area contributed by atoms with Crippen LogP contribution in [0.4, 0.5) is 5.69 Å². The van der Waals surface area contributed by atoms with Crippen molar-refractivity contribution in [2.45, 2.75) is 18.2 Å². The molecule has 0 unspecified atom stereocenters. The average Bonchev–Trinajstić information content (AvgIpc) is 3.07. The van der Waals surface area contributed by atoms with E-state index in [-0.39, 0.29) is 17.2 Å². The number of hydrogen-bond acceptors (Lipinski definition) is 5. The summed E-state index contributed by atoms with van der Waals surface area (Å²) in [5.74, 6) is -0.217. The van der Waals surface area contributed by atoms with Crippen LogP contribution in [0.15, 0.2) is 40.7 Å². The zero-order valence-corrected chi connectivity index (χ0v) is 15.7. The van der Waals surface area contributed by atoms with Crippen LogP contribution in [0.1, 0.15) is 11.4 Å². The molecule has 0 saturated heterocycles. The highest BCUT2D eigenvalue weighted by Crippen LogP contribution is 2.20. The van der Waals surface area contributed by atoms with Crippen molar-refractivity contribution in [2.24, 2.45) is 0 Å². The number of carbonyl (C=O) groups excluding carboxylic acids is 1. The van der Waals surface area contributed by atoms with Gasteiger partial charge in [-0.25, -0.2) is 17.7 Å². The van der Waals surface area contributed by atoms with Crippen LogP contribution in [0.3, 0.4) is 0 Å². The molecule has 2 heterocycles. The first-order chi connectivity index (χ1) is 11.8. The Morgan fingerprint density at radius 1 is 1.36 bits per heavy atom. The van der Waals surface area contributed by atoms with Gasteiger partial charge in [0.1, 0.15) is 0 Å². The number of aromatic nitrogens is 2. The monoisotopic (exact) mass is 378 g/mol. The maximum atomic E-state index is 12.3. The van der Waals surface area contributed by atoms with Gasteiger partial charge in [0.05, 0.1) is 17.0 Å². The molecule has 0 saturated carbocycles. The molecule has 0 fully saturated rings. The summed E-state index contributed by atoms with van der Waals surface area (Å²) < 4.78 is 27.4. The molecule has 3 aromatic rings. The first-order valence-corrected chi connectivity index (χ1v) is 9.84. The number of imidazole rings is 1. The minimum absolute atomic E-state index is 0.137. The Morgan fingerprint density at radius 2 is 2.12 bits per heavy atom. The van der Waals surface area contributed by atoms with Crippen molar-refractivity contribution < 1.29 is 13.2 Å². The molecular formula is C16H18N4O3S2. The SMILES string of the molecule is Cc1cn2c(CC(=O)Nc3cccc(S(=O)(=O)N(C)C)c3)csc2n1. The van der Waals surface area contributed by atoms with E-state index in [4.69, 9.17) is 0 Å². The highest BCUT2D eigenvalue weighted by Gasteiger charge is 2.18. The van der Waals surface area contributed by atoms with Crippen LogP contribution < -0.4 is 5.32 Å². The molecule has 132 valence electrons. The summed E-state index contributed by atoms with van der Waals surface area (Å²) in [6, 6.07) is 6.23. The van der Waals surface area contributed by atoms with E-state index in [0.29, 0.717) is 5.69 Å². The van der Waals surface area contributed by atoms with Crippen LogP contribution in [-0.2, 0) is 21.2 Å². The fourth-order valence-electron chi connectivity index (χ4n) is 2.38. The molecule has 2 aromatic heterocycles. The van der Waals surface area contributed by atoms with Crippen molar-refractivity contribution in [2.75, 3.05) is 19.4 Å². The molecule has 0 aliphatic rings. The van der Waals surface area contributed by atoms with Crippen LogP contribution in [0.25, 0.3) is 4.96 Å². The molecule has 1 aromatic carbocycles. The van der Waals surface area contributed by atoms with E-state index in [1.807, 2.05) is 22.9 Å². The van der Waals surface area contributed by atoms with Gasteiger partial charge in [0.15, 0.2) is 4.96 Å². The fourth-order valence-corrected chi connectivity index (χ4v) is 4.25. The van der Waals surface area contributed by atoms with Gasteiger partial charge >= 0.3 is 0 Å². The number of amides is 1. The molecule has 25 heavy (non-hydrogen) atoms. The van der Waals surface area contributed by atoms with E-state index in [2.05, 4.69) is 10.3 Å². The predicted molar refractivity (Wildman–Crippen MR) is 97.5 cm³/mol. The number of aryl methyl sites for hydroxylation is 1. The van der Waals surface area contributed by atoms with Gasteiger partial charge in [-0.3, -0.25) is 9.20 Å². The van der Waals surface area contributed by atoms with Gasteiger partial charge in [0.25, 0.3) is 0 Å². The van der Waals surface area contributed by atoms with E-state index in [1.54, 1.807) is 12.1 Å². The van der Waals surface area contributed by atoms with Gasteiger partial charge < -0.3 is 5.32 Å². The number of carbonyl (C=O) groups is 1. The lowest BCUT2D eigenvalue weighted by Gasteiger charge is -2.12. The van der Waals surface area contributed by atoms with Gasteiger partial charge in [-0.15, -0.1) is 11.3 Å². The fraction of sp³-hybridized carbons (Fsp3) is 0.250. The quantitative estimate of drug-likeness (QED) is 0.737. The number of nitrogens with one attached hydrogen (secondary N) is 1. The molecule has 0 bridgehead atoms. The third-order valence-corrected chi connectivity index (χ3v) is 6.34. The Balaban J connectivity index is 1.77. The Kier molecular flexibility index (Phi) is 4.63. The summed E-state index contributed by atoms with van der Waals surface area (Å²) in [6.45, 7) is 1.90. The molecule has 1 amide bonds. The lowest BCUT2D eigenvalue weighted by atomic mass is 10.3. The summed E-state index contributed by atoms with van der Waals surface area (Å²) in [7, 11) is -0.604. The number of rotatable bonds is 5. The van der Waals surface area contributed by atoms with Crippen molar-refractivity contribution in [3.8, 4) is 0 Å². The number of fused-ring (bicyclic) bond motifs is 1. The molecule has 3 rings (SSSR count). The third-order valence-electron chi connectivity index (χ3n) is 3.64. The Bertz CT molecular complexity index is 1030. The third kappa shape index (κ3) is 3.58. The zero-order valence-electron chi connectivity index (χ0n) is 14.1. The zero-order chi connectivity index (χ0) is 18.2. The van der Waals surface area contributed by atoms with Gasteiger partial charge in [-0.2, -0.15) is 0 Å². The van der Waals surface area contributed by atoms with Crippen molar-refractivity contribution in [3.63, 3.8) is 0 Å². The summed E-state index contributed by atoms with van der Waals surface area (Å²) in [5.41, 5.74) is 2.19. The lowest BCUT2D eigenvalue weighted by molar-refractivity contribution is -0.115. The predicted octanol–water partition coefficient (Wildman–Crippen LogP) is 2.14. The second-order valence-corrected chi connectivity index (χ2v) is 8.79. The molecule has 9 heteroatoms. The van der Waals surface area contributed by atoms with Crippen molar-refractivity contribution in [1.29, 1.82) is 0 Å². The van der Waals surface area contributed by atoms with Crippen LogP contribution >= 0.6 is 11.3 Å². The number of hydrogen-bond donors (Lipinski definition) is 1. The van der Waals surface area contributed by atoms with Crippen molar-refractivity contribution >= 4 is 37.9 Å². The first-order valence-electron chi connectivity index (χ1n) is 7.52. The van der Waals surface area contributed by atoms with Crippen LogP contribution in [0.5, 0.6) is 0 Å². The van der Waals surface area contributed by atoms with Crippen LogP contribution in [0, 0.1) is 6.92 Å². The molecule has 1 N–H and O–H groups in total. The van der Waals surface area contributed by atoms with Crippen molar-refractivity contribution in [1.82, 2.24) is 13.7 Å². The number of thiazole rings is 1. The van der Waals surface area contributed by atoms with Crippen LogP contribution in [0.2, 0.25) is 0 Å². The largest absolute Gasteiger partial charge is 0.326 e. The smallest absolute Gasteiger partial charge is 0.242 e. The van der Waals surface area contributed by atoms with E-state index in [0.717, 1.165) is 20.7 Å². The van der Waals surface area contributed by atoms with E-state index in [9.17, 15) is 13.2 Å². The van der Waals surface area contributed by atoms with Gasteiger partial charge in [0, 0.05) is 37.1 Å². The summed E-state index contributed by atoms with van der Waals surface area (Å²) in [4.78, 5) is 17.7. The number of benzene rings is 1. The minimum Gasteiger partial charge on any atom is -0.326 e. The van der Waals surface area contributed by atoms with Crippen LogP contribution in [-0.4, -0.2) is 42.1 Å². The maximum absolute atomic E-state index is 12.3.